The summed E-state index contributed by atoms with van der Waals surface area (Å²) < 4.78 is 15.5. The number of nitrogens with zero attached hydrogens (tertiary/aromatic N) is 4. The van der Waals surface area contributed by atoms with E-state index in [9.17, 15) is 9.59 Å². The minimum atomic E-state index is -0.388. The molecule has 2 aromatic carbocycles. The Bertz CT molecular complexity index is 1460. The van der Waals surface area contributed by atoms with Crippen LogP contribution in [0.1, 0.15) is 62.1 Å². The molecular weight excluding hydrogens is 610 g/mol. The third-order valence-electron chi connectivity index (χ3n) is 9.18. The molecule has 230 valence electrons. The summed E-state index contributed by atoms with van der Waals surface area (Å²) in [6.07, 6.45) is 6.72. The van der Waals surface area contributed by atoms with Crippen LogP contribution in [0, 0.1) is 6.92 Å². The number of hydrogen-bond acceptors (Lipinski definition) is 7. The molecule has 43 heavy (non-hydrogen) atoms. The zero-order valence-electron chi connectivity index (χ0n) is 25.2. The maximum absolute atomic E-state index is 12.6. The van der Waals surface area contributed by atoms with Gasteiger partial charge in [0.1, 0.15) is 5.75 Å². The number of carbonyl (C=O) groups is 2. The number of nitrogens with one attached hydrogen (secondary N) is 1. The average molecular weight is 653 g/mol. The third-order valence-corrected chi connectivity index (χ3v) is 10.1. The van der Waals surface area contributed by atoms with Crippen molar-refractivity contribution >= 4 is 44.3 Å². The largest absolute Gasteiger partial charge is 0.490 e. The van der Waals surface area contributed by atoms with E-state index in [0.29, 0.717) is 18.9 Å². The number of benzene rings is 2. The minimum absolute atomic E-state index is 0.202. The van der Waals surface area contributed by atoms with Gasteiger partial charge >= 0.3 is 0 Å². The standard InChI is InChI=1S/C33H42BrN5O4/c1-22-21-25(11-13-28(22)34)43-24-9-7-23(8-10-24)42-20-4-15-38-16-18-39(19-17-38)29-6-3-5-26-31(36-37(2)32(26)29)27-12-14-30(40)35-33(27)41/h3,5-6,11,13,21,23-24,27H,4,7-10,12,14-20H2,1-2H3,(H,35,40,41). The Balaban J connectivity index is 0.938. The van der Waals surface area contributed by atoms with Crippen LogP contribution in [-0.4, -0.2) is 78.0 Å². The van der Waals surface area contributed by atoms with Crippen molar-refractivity contribution in [2.45, 2.75) is 70.0 Å². The fourth-order valence-corrected chi connectivity index (χ4v) is 7.01. The summed E-state index contributed by atoms with van der Waals surface area (Å²) in [5.74, 6) is 0.125. The highest BCUT2D eigenvalue weighted by Gasteiger charge is 2.32. The number of halogens is 1. The van der Waals surface area contributed by atoms with E-state index in [4.69, 9.17) is 14.6 Å². The lowest BCUT2D eigenvalue weighted by Gasteiger charge is -2.36. The Morgan fingerprint density at radius 2 is 1.77 bits per heavy atom. The van der Waals surface area contributed by atoms with Crippen LogP contribution in [0.5, 0.6) is 5.75 Å². The number of aromatic nitrogens is 2. The zero-order valence-corrected chi connectivity index (χ0v) is 26.8. The van der Waals surface area contributed by atoms with Crippen LogP contribution in [-0.2, 0) is 21.4 Å². The van der Waals surface area contributed by atoms with Crippen LogP contribution in [0.3, 0.4) is 0 Å². The van der Waals surface area contributed by atoms with Gasteiger partial charge in [0.15, 0.2) is 0 Å². The summed E-state index contributed by atoms with van der Waals surface area (Å²) in [6.45, 7) is 7.84. The number of piperazine rings is 1. The normalized spacial score (nSPS) is 23.5. The molecule has 3 aromatic rings. The van der Waals surface area contributed by atoms with E-state index in [2.05, 4.69) is 62.2 Å². The fraction of sp³-hybridized carbons (Fsp3) is 0.545. The summed E-state index contributed by atoms with van der Waals surface area (Å²) in [4.78, 5) is 29.2. The van der Waals surface area contributed by atoms with Crippen molar-refractivity contribution < 1.29 is 19.1 Å². The lowest BCUT2D eigenvalue weighted by Crippen LogP contribution is -2.47. The highest BCUT2D eigenvalue weighted by molar-refractivity contribution is 9.10. The Morgan fingerprint density at radius 3 is 2.51 bits per heavy atom. The van der Waals surface area contributed by atoms with Crippen LogP contribution >= 0.6 is 15.9 Å². The number of amides is 2. The van der Waals surface area contributed by atoms with Crippen molar-refractivity contribution in [2.24, 2.45) is 7.05 Å². The van der Waals surface area contributed by atoms with Crippen molar-refractivity contribution in [2.75, 3.05) is 44.2 Å². The molecule has 10 heteroatoms. The molecule has 2 saturated heterocycles. The predicted octanol–water partition coefficient (Wildman–Crippen LogP) is 5.08. The highest BCUT2D eigenvalue weighted by Crippen LogP contribution is 2.35. The first-order valence-corrected chi connectivity index (χ1v) is 16.5. The van der Waals surface area contributed by atoms with E-state index in [1.807, 2.05) is 23.9 Å². The maximum atomic E-state index is 12.6. The van der Waals surface area contributed by atoms with Gasteiger partial charge in [-0.15, -0.1) is 0 Å². The summed E-state index contributed by atoms with van der Waals surface area (Å²) >= 11 is 3.56. The molecule has 2 aliphatic heterocycles. The lowest BCUT2D eigenvalue weighted by molar-refractivity contribution is -0.134. The molecule has 1 aliphatic carbocycles. The number of rotatable bonds is 9. The van der Waals surface area contributed by atoms with E-state index in [1.165, 1.54) is 5.56 Å². The molecule has 3 fully saturated rings. The van der Waals surface area contributed by atoms with Crippen molar-refractivity contribution in [1.29, 1.82) is 0 Å². The van der Waals surface area contributed by atoms with Crippen LogP contribution in [0.4, 0.5) is 5.69 Å². The molecule has 9 nitrogen and oxygen atoms in total. The van der Waals surface area contributed by atoms with Gasteiger partial charge in [0.25, 0.3) is 0 Å². The average Bonchev–Trinajstić information content (AvgIpc) is 3.34. The molecule has 2 amide bonds. The molecule has 1 aromatic heterocycles. The van der Waals surface area contributed by atoms with E-state index in [0.717, 1.165) is 104 Å². The maximum Gasteiger partial charge on any atom is 0.235 e. The van der Waals surface area contributed by atoms with Gasteiger partial charge < -0.3 is 14.4 Å². The Kier molecular flexibility index (Phi) is 9.35. The van der Waals surface area contributed by atoms with Crippen LogP contribution in [0.2, 0.25) is 0 Å². The summed E-state index contributed by atoms with van der Waals surface area (Å²) in [5.41, 5.74) is 4.17. The molecule has 6 rings (SSSR count). The first-order chi connectivity index (χ1) is 20.9. The summed E-state index contributed by atoms with van der Waals surface area (Å²) in [5, 5.41) is 8.24. The van der Waals surface area contributed by atoms with Gasteiger partial charge in [-0.05, 0) is 75.3 Å². The van der Waals surface area contributed by atoms with Gasteiger partial charge in [-0.25, -0.2) is 0 Å². The monoisotopic (exact) mass is 651 g/mol. The first kappa shape index (κ1) is 30.1. The lowest BCUT2D eigenvalue weighted by atomic mass is 9.92. The molecule has 0 bridgehead atoms. The van der Waals surface area contributed by atoms with Gasteiger partial charge in [-0.3, -0.25) is 24.5 Å². The van der Waals surface area contributed by atoms with Crippen molar-refractivity contribution in [1.82, 2.24) is 20.0 Å². The number of piperidine rings is 1. The van der Waals surface area contributed by atoms with Gasteiger partial charge in [-0.1, -0.05) is 28.1 Å². The van der Waals surface area contributed by atoms with Crippen molar-refractivity contribution in [3.63, 3.8) is 0 Å². The number of para-hydroxylation sites is 1. The SMILES string of the molecule is Cc1cc(OC2CCC(OCCCN3CCN(c4cccc5c(C6CCC(=O)NC6=O)nn(C)c45)CC3)CC2)ccc1Br. The first-order valence-electron chi connectivity index (χ1n) is 15.7. The fourth-order valence-electron chi connectivity index (χ4n) is 6.76. The molecule has 3 heterocycles. The van der Waals surface area contributed by atoms with Crippen molar-refractivity contribution in [3.05, 3.63) is 52.1 Å². The van der Waals surface area contributed by atoms with Crippen LogP contribution in [0.15, 0.2) is 40.9 Å². The smallest absolute Gasteiger partial charge is 0.235 e. The van der Waals surface area contributed by atoms with Crippen molar-refractivity contribution in [3.8, 4) is 5.75 Å². The molecule has 1 unspecified atom stereocenters. The Labute approximate surface area is 262 Å². The van der Waals surface area contributed by atoms with Gasteiger partial charge in [0.05, 0.1) is 35.0 Å². The third kappa shape index (κ3) is 6.91. The Morgan fingerprint density at radius 1 is 1.00 bits per heavy atom. The number of aryl methyl sites for hydroxylation is 2. The second-order valence-electron chi connectivity index (χ2n) is 12.2. The van der Waals surface area contributed by atoms with E-state index < -0.39 is 0 Å². The minimum Gasteiger partial charge on any atom is -0.490 e. The second kappa shape index (κ2) is 13.4. The van der Waals surface area contributed by atoms with Gasteiger partial charge in [0, 0.05) is 62.7 Å². The van der Waals surface area contributed by atoms with Gasteiger partial charge in [-0.2, -0.15) is 5.10 Å². The van der Waals surface area contributed by atoms with Gasteiger partial charge in [0.2, 0.25) is 11.8 Å². The topological polar surface area (TPSA) is 88.9 Å². The number of fused-ring (bicyclic) bond motifs is 1. The zero-order chi connectivity index (χ0) is 29.9. The summed E-state index contributed by atoms with van der Waals surface area (Å²) in [6, 6.07) is 12.5. The molecule has 0 radical (unpaired) electrons. The molecule has 1 saturated carbocycles. The number of ether oxygens (including phenoxy) is 2. The predicted molar refractivity (Wildman–Crippen MR) is 171 cm³/mol. The molecular formula is C33H42BrN5O4. The number of anilines is 1. The molecule has 3 aliphatic rings. The molecule has 1 atom stereocenters. The van der Waals surface area contributed by atoms with Crippen LogP contribution in [0.25, 0.3) is 10.9 Å². The highest BCUT2D eigenvalue weighted by atomic mass is 79.9. The molecule has 1 N–H and O–H groups in total. The second-order valence-corrected chi connectivity index (χ2v) is 13.0. The quantitative estimate of drug-likeness (QED) is 0.255. The number of imide groups is 1. The number of hydrogen-bond donors (Lipinski definition) is 1. The van der Waals surface area contributed by atoms with Crippen LogP contribution < -0.4 is 15.0 Å². The van der Waals surface area contributed by atoms with E-state index in [1.54, 1.807) is 0 Å². The summed E-state index contributed by atoms with van der Waals surface area (Å²) in [7, 11) is 1.94. The Hall–Kier alpha value is -2.95. The van der Waals surface area contributed by atoms with E-state index in [-0.39, 0.29) is 23.8 Å². The van der Waals surface area contributed by atoms with E-state index >= 15 is 0 Å². The molecule has 0 spiro atoms. The number of carbonyl (C=O) groups excluding carboxylic acids is 2.